The van der Waals surface area contributed by atoms with Crippen LogP contribution in [0, 0.1) is 5.92 Å². The third kappa shape index (κ3) is 0.877. The molecular formula is C8H17N. The van der Waals surface area contributed by atoms with Crippen LogP contribution in [-0.2, 0) is 0 Å². The number of likely N-dealkylation sites (tertiary alicyclic amines) is 1. The third-order valence-electron chi connectivity index (χ3n) is 2.97. The highest BCUT2D eigenvalue weighted by Gasteiger charge is 2.41. The van der Waals surface area contributed by atoms with Crippen LogP contribution in [0.4, 0.5) is 0 Å². The first-order chi connectivity index (χ1) is 4.09. The zero-order valence-electron chi connectivity index (χ0n) is 6.94. The molecule has 1 aliphatic rings. The van der Waals surface area contributed by atoms with Crippen molar-refractivity contribution in [1.82, 2.24) is 4.90 Å². The molecule has 0 aromatic heterocycles. The van der Waals surface area contributed by atoms with Crippen LogP contribution in [0.3, 0.4) is 0 Å². The molecule has 0 aromatic rings. The van der Waals surface area contributed by atoms with Gasteiger partial charge in [-0.3, -0.25) is 0 Å². The van der Waals surface area contributed by atoms with Crippen molar-refractivity contribution < 1.29 is 0 Å². The standard InChI is InChI=1S/C8H17N/c1-5-7-6-9(4)8(7,2)3/h7H,5-6H2,1-4H3. The van der Waals surface area contributed by atoms with Gasteiger partial charge in [0.1, 0.15) is 0 Å². The predicted octanol–water partition coefficient (Wildman–Crippen LogP) is 1.74. The van der Waals surface area contributed by atoms with Crippen LogP contribution in [0.2, 0.25) is 0 Å². The predicted molar refractivity (Wildman–Crippen MR) is 40.5 cm³/mol. The minimum Gasteiger partial charge on any atom is -0.301 e. The molecule has 0 spiro atoms. The van der Waals surface area contributed by atoms with Gasteiger partial charge in [0.2, 0.25) is 0 Å². The fourth-order valence-corrected chi connectivity index (χ4v) is 1.62. The molecule has 1 heterocycles. The maximum absolute atomic E-state index is 2.42. The highest BCUT2D eigenvalue weighted by Crippen LogP contribution is 2.35. The fraction of sp³-hybridized carbons (Fsp3) is 1.00. The summed E-state index contributed by atoms with van der Waals surface area (Å²) in [5, 5.41) is 0. The van der Waals surface area contributed by atoms with Crippen LogP contribution in [0.25, 0.3) is 0 Å². The van der Waals surface area contributed by atoms with Gasteiger partial charge in [-0.25, -0.2) is 0 Å². The summed E-state index contributed by atoms with van der Waals surface area (Å²) in [7, 11) is 2.20. The van der Waals surface area contributed by atoms with Gasteiger partial charge in [0.15, 0.2) is 0 Å². The average Bonchev–Trinajstić information content (AvgIpc) is 1.82. The topological polar surface area (TPSA) is 3.24 Å². The minimum absolute atomic E-state index is 0.481. The molecule has 1 atom stereocenters. The summed E-state index contributed by atoms with van der Waals surface area (Å²) < 4.78 is 0. The van der Waals surface area contributed by atoms with E-state index in [0.29, 0.717) is 5.54 Å². The molecule has 54 valence electrons. The zero-order valence-corrected chi connectivity index (χ0v) is 6.94. The van der Waals surface area contributed by atoms with E-state index in [0.717, 1.165) is 5.92 Å². The van der Waals surface area contributed by atoms with Crippen molar-refractivity contribution in [1.29, 1.82) is 0 Å². The highest BCUT2D eigenvalue weighted by atomic mass is 15.2. The zero-order chi connectivity index (χ0) is 7.07. The minimum atomic E-state index is 0.481. The molecule has 0 amide bonds. The van der Waals surface area contributed by atoms with Gasteiger partial charge in [0.05, 0.1) is 0 Å². The van der Waals surface area contributed by atoms with Crippen molar-refractivity contribution in [2.24, 2.45) is 5.92 Å². The van der Waals surface area contributed by atoms with Crippen LogP contribution < -0.4 is 0 Å². The molecule has 0 aliphatic carbocycles. The molecule has 0 aromatic carbocycles. The molecule has 1 nitrogen and oxygen atoms in total. The van der Waals surface area contributed by atoms with Gasteiger partial charge < -0.3 is 4.90 Å². The van der Waals surface area contributed by atoms with Crippen molar-refractivity contribution in [2.45, 2.75) is 32.7 Å². The van der Waals surface area contributed by atoms with Crippen molar-refractivity contribution >= 4 is 0 Å². The van der Waals surface area contributed by atoms with Gasteiger partial charge >= 0.3 is 0 Å². The summed E-state index contributed by atoms with van der Waals surface area (Å²) >= 11 is 0. The highest BCUT2D eigenvalue weighted by molar-refractivity contribution is 4.97. The molecule has 1 fully saturated rings. The van der Waals surface area contributed by atoms with Crippen LogP contribution >= 0.6 is 0 Å². The fourth-order valence-electron chi connectivity index (χ4n) is 1.62. The Kier molecular flexibility index (Phi) is 1.55. The van der Waals surface area contributed by atoms with E-state index in [1.54, 1.807) is 0 Å². The molecule has 0 N–H and O–H groups in total. The van der Waals surface area contributed by atoms with E-state index in [9.17, 15) is 0 Å². The summed E-state index contributed by atoms with van der Waals surface area (Å²) in [6.07, 6.45) is 1.33. The van der Waals surface area contributed by atoms with Gasteiger partial charge in [-0.15, -0.1) is 0 Å². The quantitative estimate of drug-likeness (QED) is 0.518. The van der Waals surface area contributed by atoms with Gasteiger partial charge in [0.25, 0.3) is 0 Å². The maximum atomic E-state index is 2.42. The van der Waals surface area contributed by atoms with Crippen LogP contribution in [0.5, 0.6) is 0 Å². The Morgan fingerprint density at radius 3 is 2.22 bits per heavy atom. The Morgan fingerprint density at radius 2 is 2.11 bits per heavy atom. The second-order valence-corrected chi connectivity index (χ2v) is 3.64. The van der Waals surface area contributed by atoms with Crippen LogP contribution in [0.1, 0.15) is 27.2 Å². The van der Waals surface area contributed by atoms with E-state index in [4.69, 9.17) is 0 Å². The smallest absolute Gasteiger partial charge is 0.0190 e. The summed E-state index contributed by atoms with van der Waals surface area (Å²) in [4.78, 5) is 2.42. The Balaban J connectivity index is 2.48. The van der Waals surface area contributed by atoms with Crippen molar-refractivity contribution in [3.63, 3.8) is 0 Å². The third-order valence-corrected chi connectivity index (χ3v) is 2.97. The molecule has 0 radical (unpaired) electrons. The number of nitrogens with zero attached hydrogens (tertiary/aromatic N) is 1. The Morgan fingerprint density at radius 1 is 1.56 bits per heavy atom. The van der Waals surface area contributed by atoms with E-state index >= 15 is 0 Å². The van der Waals surface area contributed by atoms with Gasteiger partial charge in [-0.2, -0.15) is 0 Å². The van der Waals surface area contributed by atoms with Crippen LogP contribution in [0.15, 0.2) is 0 Å². The van der Waals surface area contributed by atoms with E-state index < -0.39 is 0 Å². The summed E-state index contributed by atoms with van der Waals surface area (Å²) in [5.41, 5.74) is 0.481. The number of hydrogen-bond acceptors (Lipinski definition) is 1. The van der Waals surface area contributed by atoms with Gasteiger partial charge in [-0.1, -0.05) is 13.3 Å². The monoisotopic (exact) mass is 127 g/mol. The first-order valence-corrected chi connectivity index (χ1v) is 3.80. The van der Waals surface area contributed by atoms with Gasteiger partial charge in [0, 0.05) is 12.1 Å². The molecule has 1 aliphatic heterocycles. The number of rotatable bonds is 1. The Labute approximate surface area is 58.0 Å². The molecular weight excluding hydrogens is 110 g/mol. The van der Waals surface area contributed by atoms with Crippen molar-refractivity contribution in [2.75, 3.05) is 13.6 Å². The van der Waals surface area contributed by atoms with Gasteiger partial charge in [-0.05, 0) is 26.8 Å². The molecule has 0 bridgehead atoms. The molecule has 9 heavy (non-hydrogen) atoms. The molecule has 1 unspecified atom stereocenters. The van der Waals surface area contributed by atoms with E-state index in [2.05, 4.69) is 32.7 Å². The van der Waals surface area contributed by atoms with Crippen LogP contribution in [-0.4, -0.2) is 24.0 Å². The average molecular weight is 127 g/mol. The maximum Gasteiger partial charge on any atom is 0.0190 e. The lowest BCUT2D eigenvalue weighted by Crippen LogP contribution is -2.61. The lowest BCUT2D eigenvalue weighted by Gasteiger charge is -2.53. The van der Waals surface area contributed by atoms with E-state index in [1.165, 1.54) is 13.0 Å². The lowest BCUT2D eigenvalue weighted by molar-refractivity contribution is -0.0353. The normalized spacial score (nSPS) is 34.0. The summed E-state index contributed by atoms with van der Waals surface area (Å²) in [5.74, 6) is 0.933. The summed E-state index contributed by atoms with van der Waals surface area (Å²) in [6, 6.07) is 0. The largest absolute Gasteiger partial charge is 0.301 e. The van der Waals surface area contributed by atoms with Crippen molar-refractivity contribution in [3.8, 4) is 0 Å². The Bertz CT molecular complexity index is 107. The first-order valence-electron chi connectivity index (χ1n) is 3.80. The summed E-state index contributed by atoms with van der Waals surface area (Å²) in [6.45, 7) is 8.22. The molecule has 1 rings (SSSR count). The molecule has 0 saturated carbocycles. The number of hydrogen-bond donors (Lipinski definition) is 0. The second kappa shape index (κ2) is 1.98. The lowest BCUT2D eigenvalue weighted by atomic mass is 9.76. The van der Waals surface area contributed by atoms with E-state index in [1.807, 2.05) is 0 Å². The first kappa shape index (κ1) is 7.07. The second-order valence-electron chi connectivity index (χ2n) is 3.64. The Hall–Kier alpha value is -0.0400. The van der Waals surface area contributed by atoms with E-state index in [-0.39, 0.29) is 0 Å². The van der Waals surface area contributed by atoms with Crippen molar-refractivity contribution in [3.05, 3.63) is 0 Å². The molecule has 1 heteroatoms. The molecule has 1 saturated heterocycles. The SMILES string of the molecule is CCC1CN(C)C1(C)C.